The molecule has 9 rings (SSSR count). The van der Waals surface area contributed by atoms with E-state index in [0.717, 1.165) is 114 Å². The quantitative estimate of drug-likeness (QED) is 0.115. The molecular formula is C43H54F2N12O5. The number of piperidine rings is 2. The average Bonchev–Trinajstić information content (AvgIpc) is 3.98. The number of imide groups is 1. The topological polar surface area (TPSA) is 178 Å². The first-order valence-electron chi connectivity index (χ1n) is 22.0. The maximum atomic E-state index is 14.3. The van der Waals surface area contributed by atoms with Gasteiger partial charge in [-0.3, -0.25) is 33.5 Å². The number of aromatic nitrogens is 7. The predicted octanol–water partition coefficient (Wildman–Crippen LogP) is 4.00. The minimum Gasteiger partial charge on any atom is -0.378 e. The molecule has 4 aromatic heterocycles. The molecule has 3 saturated heterocycles. The highest BCUT2D eigenvalue weighted by molar-refractivity contribution is 6.08. The van der Waals surface area contributed by atoms with Crippen molar-refractivity contribution in [1.29, 1.82) is 0 Å². The van der Waals surface area contributed by atoms with Crippen molar-refractivity contribution in [2.45, 2.75) is 88.8 Å². The molecule has 19 heteroatoms. The van der Waals surface area contributed by atoms with E-state index >= 15 is 0 Å². The van der Waals surface area contributed by atoms with Crippen molar-refractivity contribution in [1.82, 2.24) is 49.0 Å². The van der Waals surface area contributed by atoms with Gasteiger partial charge in [0.1, 0.15) is 17.4 Å². The molecule has 1 atom stereocenters. The molecule has 3 N–H and O–H groups in total. The van der Waals surface area contributed by atoms with Gasteiger partial charge in [0.25, 0.3) is 12.3 Å². The number of hydrogen-bond acceptors (Lipinski definition) is 11. The summed E-state index contributed by atoms with van der Waals surface area (Å²) in [7, 11) is 1.72. The van der Waals surface area contributed by atoms with Gasteiger partial charge in [0.15, 0.2) is 11.3 Å². The monoisotopic (exact) mass is 856 g/mol. The number of fused-ring (bicyclic) bond motifs is 2. The van der Waals surface area contributed by atoms with Crippen molar-refractivity contribution in [2.75, 3.05) is 62.6 Å². The highest BCUT2D eigenvalue weighted by Gasteiger charge is 2.33. The second kappa shape index (κ2) is 18.1. The maximum absolute atomic E-state index is 14.3. The number of nitrogens with zero attached hydrogens (tertiary/aromatic N) is 9. The number of halogens is 2. The summed E-state index contributed by atoms with van der Waals surface area (Å²) in [5, 5.41) is 16.9. The Morgan fingerprint density at radius 2 is 1.79 bits per heavy atom. The summed E-state index contributed by atoms with van der Waals surface area (Å²) < 4.78 is 41.1. The maximum Gasteiger partial charge on any atom is 0.329 e. The zero-order valence-electron chi connectivity index (χ0n) is 35.0. The summed E-state index contributed by atoms with van der Waals surface area (Å²) in [5.41, 5.74) is 2.37. The predicted molar refractivity (Wildman–Crippen MR) is 227 cm³/mol. The van der Waals surface area contributed by atoms with E-state index in [1.807, 2.05) is 24.3 Å². The van der Waals surface area contributed by atoms with Crippen molar-refractivity contribution in [3.63, 3.8) is 0 Å². The normalized spacial score (nSPS) is 21.9. The molecule has 4 aliphatic rings. The summed E-state index contributed by atoms with van der Waals surface area (Å²) in [6.45, 7) is 6.76. The lowest BCUT2D eigenvalue weighted by Gasteiger charge is -2.36. The number of nitrogens with one attached hydrogen (secondary N) is 3. The van der Waals surface area contributed by atoms with Crippen LogP contribution in [-0.4, -0.2) is 115 Å². The molecule has 1 aliphatic carbocycles. The first-order valence-corrected chi connectivity index (χ1v) is 22.0. The van der Waals surface area contributed by atoms with Crippen LogP contribution in [0.25, 0.3) is 16.7 Å². The second-order valence-electron chi connectivity index (χ2n) is 17.1. The van der Waals surface area contributed by atoms with Gasteiger partial charge in [0, 0.05) is 78.3 Å². The molecule has 1 aromatic carbocycles. The van der Waals surface area contributed by atoms with E-state index in [0.29, 0.717) is 30.1 Å². The molecule has 7 heterocycles. The van der Waals surface area contributed by atoms with E-state index in [9.17, 15) is 28.0 Å². The zero-order valence-corrected chi connectivity index (χ0v) is 35.0. The van der Waals surface area contributed by atoms with Gasteiger partial charge in [-0.25, -0.2) is 23.1 Å². The molecule has 0 bridgehead atoms. The number of piperazine rings is 1. The molecule has 4 fully saturated rings. The van der Waals surface area contributed by atoms with Gasteiger partial charge in [-0.15, -0.1) is 0 Å². The Bertz CT molecular complexity index is 2490. The number of anilines is 2. The Morgan fingerprint density at radius 3 is 2.55 bits per heavy atom. The zero-order chi connectivity index (χ0) is 42.9. The number of benzene rings is 1. The van der Waals surface area contributed by atoms with Gasteiger partial charge < -0.3 is 25.2 Å². The van der Waals surface area contributed by atoms with Gasteiger partial charge in [-0.2, -0.15) is 10.2 Å². The van der Waals surface area contributed by atoms with Crippen LogP contribution in [0.1, 0.15) is 97.9 Å². The molecule has 17 nitrogen and oxygen atoms in total. The SMILES string of the molecule is Cn1c(=O)n(C2CCC(=O)NC2=O)c2cccc(CCCOC3CCN(C[C@H]4CC[C@H](n5cc(NC(=O)c6cnn7ccc(N8CCNCC8)nc67)c(C(F)F)n5)CC4)CC3)c21. The van der Waals surface area contributed by atoms with Gasteiger partial charge in [-0.05, 0) is 81.4 Å². The third-order valence-corrected chi connectivity index (χ3v) is 13.1. The van der Waals surface area contributed by atoms with Crippen LogP contribution in [0.15, 0.2) is 47.7 Å². The number of imidazole rings is 1. The minimum absolute atomic E-state index is 0.000797. The van der Waals surface area contributed by atoms with Crippen LogP contribution in [-0.2, 0) is 27.8 Å². The third-order valence-electron chi connectivity index (χ3n) is 13.1. The first kappa shape index (κ1) is 41.8. The molecule has 5 aromatic rings. The summed E-state index contributed by atoms with van der Waals surface area (Å²) in [5.74, 6) is -0.0764. The first-order chi connectivity index (χ1) is 30.1. The minimum atomic E-state index is -2.85. The smallest absolute Gasteiger partial charge is 0.329 e. The summed E-state index contributed by atoms with van der Waals surface area (Å²) in [6.07, 6.45) is 9.53. The molecule has 0 radical (unpaired) electrons. The third kappa shape index (κ3) is 8.61. The Morgan fingerprint density at radius 1 is 1.00 bits per heavy atom. The van der Waals surface area contributed by atoms with Crippen molar-refractivity contribution in [2.24, 2.45) is 13.0 Å². The number of rotatable bonds is 13. The Labute approximate surface area is 356 Å². The fourth-order valence-corrected chi connectivity index (χ4v) is 9.81. The van der Waals surface area contributed by atoms with E-state index in [1.54, 1.807) is 28.7 Å². The average molecular weight is 857 g/mol. The number of likely N-dealkylation sites (tertiary alicyclic amines) is 1. The van der Waals surface area contributed by atoms with Crippen LogP contribution in [0.2, 0.25) is 0 Å². The lowest BCUT2D eigenvalue weighted by molar-refractivity contribution is -0.135. The van der Waals surface area contributed by atoms with Crippen LogP contribution in [0.5, 0.6) is 0 Å². The van der Waals surface area contributed by atoms with Crippen LogP contribution in [0, 0.1) is 5.92 Å². The number of ether oxygens (including phenoxy) is 1. The van der Waals surface area contributed by atoms with Crippen molar-refractivity contribution in [3.05, 3.63) is 70.2 Å². The van der Waals surface area contributed by atoms with E-state index in [-0.39, 0.29) is 41.4 Å². The molecule has 3 aliphatic heterocycles. The lowest BCUT2D eigenvalue weighted by atomic mass is 9.85. The number of amides is 3. The van der Waals surface area contributed by atoms with E-state index < -0.39 is 30.0 Å². The van der Waals surface area contributed by atoms with E-state index in [2.05, 4.69) is 35.9 Å². The number of carbonyl (C=O) groups is 3. The highest BCUT2D eigenvalue weighted by Crippen LogP contribution is 2.36. The molecule has 1 unspecified atom stereocenters. The van der Waals surface area contributed by atoms with Gasteiger partial charge >= 0.3 is 5.69 Å². The van der Waals surface area contributed by atoms with Crippen molar-refractivity contribution in [3.8, 4) is 0 Å². The molecule has 62 heavy (non-hydrogen) atoms. The molecule has 3 amide bonds. The summed E-state index contributed by atoms with van der Waals surface area (Å²) >= 11 is 0. The van der Waals surface area contributed by atoms with Gasteiger partial charge in [-0.1, -0.05) is 12.1 Å². The second-order valence-corrected chi connectivity index (χ2v) is 17.1. The number of hydrogen-bond donors (Lipinski definition) is 3. The van der Waals surface area contributed by atoms with E-state index in [4.69, 9.17) is 9.72 Å². The standard InChI is InChI=1S/C43H54F2N12O5/c1-52-38-28(4-2-6-33(38)57(43(52)61)34-11-12-36(58)50-42(34)60)5-3-23-62-30-13-18-53(19-14-30)25-27-7-9-29(10-8-27)56-26-32(37(51-56)39(44)45)48-41(59)31-24-47-55-20-15-35(49-40(31)55)54-21-16-46-17-22-54/h2,4,6,15,20,24,26-27,29-30,34,39,46H,3,5,7-14,16-19,21-23,25H2,1H3,(H,48,59)(H,50,58,60)/t27-,29-,34?. The van der Waals surface area contributed by atoms with Crippen molar-refractivity contribution < 1.29 is 27.9 Å². The largest absolute Gasteiger partial charge is 0.378 e. The van der Waals surface area contributed by atoms with Crippen molar-refractivity contribution >= 4 is 45.9 Å². The van der Waals surface area contributed by atoms with Crippen LogP contribution in [0.3, 0.4) is 0 Å². The molecular weight excluding hydrogens is 803 g/mol. The molecule has 0 spiro atoms. The molecule has 1 saturated carbocycles. The van der Waals surface area contributed by atoms with Crippen LogP contribution >= 0.6 is 0 Å². The Balaban J connectivity index is 0.729. The van der Waals surface area contributed by atoms with E-state index in [1.165, 1.54) is 15.3 Å². The molecule has 330 valence electrons. The van der Waals surface area contributed by atoms with Gasteiger partial charge in [0.05, 0.1) is 35.1 Å². The Hall–Kier alpha value is -5.53. The number of alkyl halides is 2. The number of para-hydroxylation sites is 1. The Kier molecular flexibility index (Phi) is 12.2. The lowest BCUT2D eigenvalue weighted by Crippen LogP contribution is -2.44. The number of aryl methyl sites for hydroxylation is 2. The van der Waals surface area contributed by atoms with Gasteiger partial charge in [0.2, 0.25) is 11.8 Å². The summed E-state index contributed by atoms with van der Waals surface area (Å²) in [6, 6.07) is 6.90. The fraction of sp³-hybridized carbons (Fsp3) is 0.558. The highest BCUT2D eigenvalue weighted by atomic mass is 19.3. The summed E-state index contributed by atoms with van der Waals surface area (Å²) in [4.78, 5) is 60.4. The number of carbonyl (C=O) groups excluding carboxylic acids is 3. The van der Waals surface area contributed by atoms with Crippen LogP contribution in [0.4, 0.5) is 20.3 Å². The van der Waals surface area contributed by atoms with Crippen LogP contribution < -0.4 is 26.5 Å². The fourth-order valence-electron chi connectivity index (χ4n) is 9.81.